The minimum Gasteiger partial charge on any atom is -0.493 e. The summed E-state index contributed by atoms with van der Waals surface area (Å²) < 4.78 is 16.0. The van der Waals surface area contributed by atoms with E-state index < -0.39 is 11.9 Å². The molecule has 0 spiro atoms. The molecule has 154 valence electrons. The molecule has 0 saturated carbocycles. The van der Waals surface area contributed by atoms with E-state index in [0.717, 1.165) is 0 Å². The van der Waals surface area contributed by atoms with Crippen molar-refractivity contribution in [3.05, 3.63) is 100 Å². The smallest absolute Gasteiger partial charge is 0.363 e. The van der Waals surface area contributed by atoms with Gasteiger partial charge >= 0.3 is 11.9 Å². The van der Waals surface area contributed by atoms with Crippen LogP contribution in [-0.4, -0.2) is 24.9 Å². The summed E-state index contributed by atoms with van der Waals surface area (Å²) in [6.45, 7) is 0. The molecule has 0 N–H and O–H groups in total. The summed E-state index contributed by atoms with van der Waals surface area (Å²) in [6.07, 6.45) is 1.57. The fraction of sp³-hybridized carbons (Fsp3) is 0.0417. The molecule has 0 aromatic heterocycles. The zero-order valence-electron chi connectivity index (χ0n) is 16.4. The van der Waals surface area contributed by atoms with Gasteiger partial charge in [0.2, 0.25) is 5.90 Å². The number of benzene rings is 3. The third kappa shape index (κ3) is 4.65. The molecule has 0 aliphatic carbocycles. The van der Waals surface area contributed by atoms with Crippen LogP contribution in [0.25, 0.3) is 6.08 Å². The van der Waals surface area contributed by atoms with Crippen LogP contribution in [-0.2, 0) is 9.53 Å². The van der Waals surface area contributed by atoms with Gasteiger partial charge in [0.05, 0.1) is 12.7 Å². The van der Waals surface area contributed by atoms with Crippen molar-refractivity contribution in [1.82, 2.24) is 0 Å². The molecule has 0 saturated heterocycles. The third-order valence-electron chi connectivity index (χ3n) is 4.41. The molecule has 0 amide bonds. The minimum atomic E-state index is -0.545. The largest absolute Gasteiger partial charge is 0.493 e. The lowest BCUT2D eigenvalue weighted by Crippen LogP contribution is -2.09. The molecule has 0 bridgehead atoms. The molecule has 1 aliphatic rings. The SMILES string of the molecule is COc1cc(C=C2N=C(c3ccccc3)OC2=O)ccc1OC(=O)c1ccc(Cl)cc1. The summed E-state index contributed by atoms with van der Waals surface area (Å²) in [5.74, 6) is -0.270. The van der Waals surface area contributed by atoms with Gasteiger partial charge in [0.1, 0.15) is 0 Å². The summed E-state index contributed by atoms with van der Waals surface area (Å²) in [5, 5.41) is 0.523. The second-order valence-corrected chi connectivity index (χ2v) is 6.95. The molecule has 4 rings (SSSR count). The number of ether oxygens (including phenoxy) is 3. The van der Waals surface area contributed by atoms with Crippen molar-refractivity contribution in [2.45, 2.75) is 0 Å². The molecule has 3 aromatic carbocycles. The maximum atomic E-state index is 12.4. The Balaban J connectivity index is 1.56. The lowest BCUT2D eigenvalue weighted by Gasteiger charge is -2.10. The summed E-state index contributed by atoms with van der Waals surface area (Å²) in [5.41, 5.74) is 1.86. The summed E-state index contributed by atoms with van der Waals surface area (Å²) in [6, 6.07) is 20.4. The van der Waals surface area contributed by atoms with E-state index in [1.54, 1.807) is 48.5 Å². The van der Waals surface area contributed by atoms with Crippen LogP contribution in [0.4, 0.5) is 0 Å². The molecule has 6 nitrogen and oxygen atoms in total. The lowest BCUT2D eigenvalue weighted by atomic mass is 10.1. The average Bonchev–Trinajstić information content (AvgIpc) is 3.16. The van der Waals surface area contributed by atoms with E-state index in [2.05, 4.69) is 4.99 Å². The van der Waals surface area contributed by atoms with E-state index in [1.807, 2.05) is 30.3 Å². The number of methoxy groups -OCH3 is 1. The first-order valence-electron chi connectivity index (χ1n) is 9.27. The molecule has 0 unspecified atom stereocenters. The van der Waals surface area contributed by atoms with Crippen LogP contribution in [0, 0.1) is 0 Å². The van der Waals surface area contributed by atoms with Crippen molar-refractivity contribution in [2.75, 3.05) is 7.11 Å². The van der Waals surface area contributed by atoms with Crippen molar-refractivity contribution in [1.29, 1.82) is 0 Å². The van der Waals surface area contributed by atoms with E-state index in [9.17, 15) is 9.59 Å². The molecule has 0 fully saturated rings. The van der Waals surface area contributed by atoms with Crippen LogP contribution in [0.15, 0.2) is 83.5 Å². The van der Waals surface area contributed by atoms with Crippen molar-refractivity contribution in [2.24, 2.45) is 4.99 Å². The summed E-state index contributed by atoms with van der Waals surface area (Å²) in [4.78, 5) is 28.8. The highest BCUT2D eigenvalue weighted by Crippen LogP contribution is 2.30. The van der Waals surface area contributed by atoms with E-state index in [1.165, 1.54) is 7.11 Å². The maximum Gasteiger partial charge on any atom is 0.363 e. The lowest BCUT2D eigenvalue weighted by molar-refractivity contribution is -0.129. The first-order valence-corrected chi connectivity index (χ1v) is 9.65. The first-order chi connectivity index (χ1) is 15.0. The predicted molar refractivity (Wildman–Crippen MR) is 116 cm³/mol. The average molecular weight is 434 g/mol. The fourth-order valence-corrected chi connectivity index (χ4v) is 3.00. The molecule has 3 aromatic rings. The zero-order chi connectivity index (χ0) is 21.8. The minimum absolute atomic E-state index is 0.159. The van der Waals surface area contributed by atoms with Gasteiger partial charge in [-0.1, -0.05) is 35.9 Å². The van der Waals surface area contributed by atoms with Gasteiger partial charge in [0.15, 0.2) is 17.2 Å². The fourth-order valence-electron chi connectivity index (χ4n) is 2.87. The number of cyclic esters (lactones) is 1. The van der Waals surface area contributed by atoms with Gasteiger partial charge in [-0.25, -0.2) is 14.6 Å². The Morgan fingerprint density at radius 3 is 2.45 bits per heavy atom. The highest BCUT2D eigenvalue weighted by atomic mass is 35.5. The Morgan fingerprint density at radius 2 is 1.74 bits per heavy atom. The predicted octanol–water partition coefficient (Wildman–Crippen LogP) is 4.91. The molecular weight excluding hydrogens is 418 g/mol. The first kappa shape index (κ1) is 20.4. The van der Waals surface area contributed by atoms with Crippen molar-refractivity contribution >= 4 is 35.5 Å². The normalized spacial score (nSPS) is 14.2. The van der Waals surface area contributed by atoms with Gasteiger partial charge in [-0.2, -0.15) is 0 Å². The number of hydrogen-bond donors (Lipinski definition) is 0. The standard InChI is InChI=1S/C24H16ClNO5/c1-29-21-14-15(7-12-20(21)30-23(27)17-8-10-18(25)11-9-17)13-19-24(28)31-22(26-19)16-5-3-2-4-6-16/h2-14H,1H3. The van der Waals surface area contributed by atoms with Crippen LogP contribution >= 0.6 is 11.6 Å². The Labute approximate surface area is 183 Å². The van der Waals surface area contributed by atoms with Crippen molar-refractivity contribution < 1.29 is 23.8 Å². The third-order valence-corrected chi connectivity index (χ3v) is 4.67. The number of esters is 2. The van der Waals surface area contributed by atoms with Crippen LogP contribution < -0.4 is 9.47 Å². The van der Waals surface area contributed by atoms with Crippen LogP contribution in [0.1, 0.15) is 21.5 Å². The molecule has 7 heteroatoms. The van der Waals surface area contributed by atoms with Crippen molar-refractivity contribution in [3.8, 4) is 11.5 Å². The van der Waals surface area contributed by atoms with Gasteiger partial charge in [-0.15, -0.1) is 0 Å². The number of rotatable bonds is 5. The molecular formula is C24H16ClNO5. The summed E-state index contributed by atoms with van der Waals surface area (Å²) in [7, 11) is 1.46. The molecule has 1 heterocycles. The number of halogens is 1. The Bertz CT molecular complexity index is 1200. The van der Waals surface area contributed by atoms with E-state index >= 15 is 0 Å². The number of carbonyl (C=O) groups is 2. The zero-order valence-corrected chi connectivity index (χ0v) is 17.1. The molecule has 31 heavy (non-hydrogen) atoms. The Morgan fingerprint density at radius 1 is 1.00 bits per heavy atom. The van der Waals surface area contributed by atoms with E-state index in [-0.39, 0.29) is 17.3 Å². The number of aliphatic imine (C=N–C) groups is 1. The van der Waals surface area contributed by atoms with Crippen molar-refractivity contribution in [3.63, 3.8) is 0 Å². The maximum absolute atomic E-state index is 12.4. The van der Waals surface area contributed by atoms with E-state index in [4.69, 9.17) is 25.8 Å². The Hall–Kier alpha value is -3.90. The highest BCUT2D eigenvalue weighted by molar-refractivity contribution is 6.30. The highest BCUT2D eigenvalue weighted by Gasteiger charge is 2.24. The van der Waals surface area contributed by atoms with Gasteiger partial charge in [-0.05, 0) is 60.2 Å². The Kier molecular flexibility index (Phi) is 5.82. The van der Waals surface area contributed by atoms with Gasteiger partial charge < -0.3 is 14.2 Å². The number of nitrogens with zero attached hydrogens (tertiary/aromatic N) is 1. The topological polar surface area (TPSA) is 74.2 Å². The van der Waals surface area contributed by atoms with Crippen LogP contribution in [0.3, 0.4) is 0 Å². The van der Waals surface area contributed by atoms with Gasteiger partial charge in [-0.3, -0.25) is 0 Å². The number of hydrogen-bond acceptors (Lipinski definition) is 6. The monoisotopic (exact) mass is 433 g/mol. The molecule has 1 aliphatic heterocycles. The second-order valence-electron chi connectivity index (χ2n) is 6.51. The van der Waals surface area contributed by atoms with E-state index in [0.29, 0.717) is 27.5 Å². The van der Waals surface area contributed by atoms with Crippen LogP contribution in [0.5, 0.6) is 11.5 Å². The van der Waals surface area contributed by atoms with Gasteiger partial charge in [0.25, 0.3) is 0 Å². The quantitative estimate of drug-likeness (QED) is 0.324. The van der Waals surface area contributed by atoms with Gasteiger partial charge in [0, 0.05) is 10.6 Å². The van der Waals surface area contributed by atoms with Crippen LogP contribution in [0.2, 0.25) is 5.02 Å². The molecule has 0 atom stereocenters. The second kappa shape index (κ2) is 8.85. The number of carbonyl (C=O) groups excluding carboxylic acids is 2. The molecule has 0 radical (unpaired) electrons. The summed E-state index contributed by atoms with van der Waals surface area (Å²) >= 11 is 5.85.